The van der Waals surface area contributed by atoms with E-state index in [0.717, 1.165) is 6.42 Å². The number of halogens is 3. The summed E-state index contributed by atoms with van der Waals surface area (Å²) >= 11 is 12.1. The first-order valence-electron chi connectivity index (χ1n) is 6.32. The molecule has 0 aliphatic carbocycles. The zero-order valence-corrected chi connectivity index (χ0v) is 13.9. The number of benzene rings is 1. The summed E-state index contributed by atoms with van der Waals surface area (Å²) in [6.07, 6.45) is 0.803. The van der Waals surface area contributed by atoms with Crippen molar-refractivity contribution in [2.45, 2.75) is 26.3 Å². The van der Waals surface area contributed by atoms with Crippen LogP contribution in [-0.4, -0.2) is 29.9 Å². The Morgan fingerprint density at radius 2 is 2.05 bits per heavy atom. The second-order valence-electron chi connectivity index (χ2n) is 5.71. The van der Waals surface area contributed by atoms with E-state index in [9.17, 15) is 4.79 Å². The van der Waals surface area contributed by atoms with Crippen molar-refractivity contribution in [3.05, 3.63) is 33.8 Å². The molecule has 1 aromatic rings. The summed E-state index contributed by atoms with van der Waals surface area (Å²) in [4.78, 5) is 14.3. The van der Waals surface area contributed by atoms with Gasteiger partial charge in [-0.25, -0.2) is 0 Å². The van der Waals surface area contributed by atoms with Gasteiger partial charge in [0.05, 0.1) is 15.6 Å². The van der Waals surface area contributed by atoms with Crippen LogP contribution in [0.25, 0.3) is 0 Å². The number of rotatable bonds is 1. The highest BCUT2D eigenvalue weighted by molar-refractivity contribution is 6.43. The van der Waals surface area contributed by atoms with Gasteiger partial charge < -0.3 is 10.6 Å². The van der Waals surface area contributed by atoms with E-state index in [-0.39, 0.29) is 29.8 Å². The maximum Gasteiger partial charge on any atom is 0.255 e. The minimum atomic E-state index is -0.0844. The van der Waals surface area contributed by atoms with Gasteiger partial charge in [-0.15, -0.1) is 12.4 Å². The number of carbonyl (C=O) groups excluding carboxylic acids is 1. The summed E-state index contributed by atoms with van der Waals surface area (Å²) in [5.74, 6) is -0.0764. The summed E-state index contributed by atoms with van der Waals surface area (Å²) in [6.45, 7) is 5.45. The molecule has 1 heterocycles. The van der Waals surface area contributed by atoms with E-state index in [1.54, 1.807) is 23.1 Å². The van der Waals surface area contributed by atoms with Crippen LogP contribution in [0.2, 0.25) is 10.0 Å². The third kappa shape index (κ3) is 3.40. The van der Waals surface area contributed by atoms with Crippen LogP contribution in [0.5, 0.6) is 0 Å². The molecule has 3 nitrogen and oxygen atoms in total. The van der Waals surface area contributed by atoms with E-state index in [0.29, 0.717) is 28.7 Å². The molecule has 2 N–H and O–H groups in total. The maximum atomic E-state index is 12.5. The average molecular weight is 338 g/mol. The Morgan fingerprint density at radius 3 is 2.65 bits per heavy atom. The predicted molar refractivity (Wildman–Crippen MR) is 86.0 cm³/mol. The molecular weight excluding hydrogens is 319 g/mol. The SMILES string of the molecule is CC1(C)CN(C(=O)c2cccc(Cl)c2Cl)CCC1N.Cl. The Balaban J connectivity index is 0.00000200. The quantitative estimate of drug-likeness (QED) is 0.851. The van der Waals surface area contributed by atoms with Crippen molar-refractivity contribution in [3.63, 3.8) is 0 Å². The molecule has 1 aromatic carbocycles. The van der Waals surface area contributed by atoms with Gasteiger partial charge in [0.25, 0.3) is 5.91 Å². The van der Waals surface area contributed by atoms with Gasteiger partial charge in [-0.2, -0.15) is 0 Å². The largest absolute Gasteiger partial charge is 0.338 e. The first-order valence-corrected chi connectivity index (χ1v) is 7.07. The molecule has 6 heteroatoms. The number of piperidine rings is 1. The van der Waals surface area contributed by atoms with Gasteiger partial charge in [0, 0.05) is 19.1 Å². The monoisotopic (exact) mass is 336 g/mol. The molecule has 1 unspecified atom stereocenters. The summed E-state index contributed by atoms with van der Waals surface area (Å²) in [6, 6.07) is 5.24. The van der Waals surface area contributed by atoms with Crippen LogP contribution >= 0.6 is 35.6 Å². The number of nitrogens with zero attached hydrogens (tertiary/aromatic N) is 1. The van der Waals surface area contributed by atoms with Crippen molar-refractivity contribution in [3.8, 4) is 0 Å². The summed E-state index contributed by atoms with van der Waals surface area (Å²) in [5.41, 5.74) is 6.46. The Bertz CT molecular complexity index is 505. The van der Waals surface area contributed by atoms with Crippen LogP contribution in [-0.2, 0) is 0 Å². The third-order valence-corrected chi connectivity index (χ3v) is 4.60. The fraction of sp³-hybridized carbons (Fsp3) is 0.500. The second kappa shape index (κ2) is 6.52. The number of likely N-dealkylation sites (tertiary alicyclic amines) is 1. The molecule has 1 amide bonds. The Hall–Kier alpha value is -0.480. The van der Waals surface area contributed by atoms with Gasteiger partial charge in [0.15, 0.2) is 0 Å². The molecule has 0 bridgehead atoms. The van der Waals surface area contributed by atoms with Crippen LogP contribution < -0.4 is 5.73 Å². The van der Waals surface area contributed by atoms with Gasteiger partial charge in [-0.1, -0.05) is 43.1 Å². The van der Waals surface area contributed by atoms with Crippen LogP contribution in [0.15, 0.2) is 18.2 Å². The number of hydrogen-bond donors (Lipinski definition) is 1. The van der Waals surface area contributed by atoms with Crippen molar-refractivity contribution < 1.29 is 4.79 Å². The number of hydrogen-bond acceptors (Lipinski definition) is 2. The standard InChI is InChI=1S/C14H18Cl2N2O.ClH/c1-14(2)8-18(7-6-11(14)17)13(19)9-4-3-5-10(15)12(9)16;/h3-5,11H,6-8,17H2,1-2H3;1H. The summed E-state index contributed by atoms with van der Waals surface area (Å²) < 4.78 is 0. The van der Waals surface area contributed by atoms with E-state index in [1.165, 1.54) is 0 Å². The zero-order valence-electron chi connectivity index (χ0n) is 11.5. The third-order valence-electron chi connectivity index (χ3n) is 3.78. The minimum absolute atomic E-state index is 0. The lowest BCUT2D eigenvalue weighted by molar-refractivity contribution is 0.0533. The first-order chi connectivity index (χ1) is 8.83. The first kappa shape index (κ1) is 17.6. The van der Waals surface area contributed by atoms with Crippen molar-refractivity contribution >= 4 is 41.5 Å². The molecule has 1 aliphatic rings. The second-order valence-corrected chi connectivity index (χ2v) is 6.50. The molecule has 0 aromatic heterocycles. The summed E-state index contributed by atoms with van der Waals surface area (Å²) in [5, 5.41) is 0.724. The molecule has 112 valence electrons. The fourth-order valence-corrected chi connectivity index (χ4v) is 2.77. The Kier molecular flexibility index (Phi) is 5.73. The average Bonchev–Trinajstić information content (AvgIpc) is 2.35. The molecule has 2 rings (SSSR count). The topological polar surface area (TPSA) is 46.3 Å². The van der Waals surface area contributed by atoms with Crippen molar-refractivity contribution in [2.75, 3.05) is 13.1 Å². The predicted octanol–water partition coefficient (Wildman–Crippen LogP) is 3.61. The lowest BCUT2D eigenvalue weighted by Gasteiger charge is -2.42. The Labute approximate surface area is 135 Å². The lowest BCUT2D eigenvalue weighted by Crippen LogP contribution is -2.54. The van der Waals surface area contributed by atoms with Gasteiger partial charge >= 0.3 is 0 Å². The van der Waals surface area contributed by atoms with Gasteiger partial charge in [0.2, 0.25) is 0 Å². The lowest BCUT2D eigenvalue weighted by atomic mass is 9.79. The van der Waals surface area contributed by atoms with E-state index in [4.69, 9.17) is 28.9 Å². The van der Waals surface area contributed by atoms with E-state index < -0.39 is 0 Å². The molecule has 1 atom stereocenters. The van der Waals surface area contributed by atoms with Crippen molar-refractivity contribution in [1.29, 1.82) is 0 Å². The smallest absolute Gasteiger partial charge is 0.255 e. The highest BCUT2D eigenvalue weighted by atomic mass is 35.5. The van der Waals surface area contributed by atoms with Crippen LogP contribution in [0, 0.1) is 5.41 Å². The molecule has 20 heavy (non-hydrogen) atoms. The highest BCUT2D eigenvalue weighted by Gasteiger charge is 2.36. The van der Waals surface area contributed by atoms with Crippen molar-refractivity contribution in [1.82, 2.24) is 4.90 Å². The summed E-state index contributed by atoms with van der Waals surface area (Å²) in [7, 11) is 0. The molecule has 1 aliphatic heterocycles. The Morgan fingerprint density at radius 1 is 1.40 bits per heavy atom. The molecule has 0 saturated carbocycles. The normalized spacial score (nSPS) is 21.2. The van der Waals surface area contributed by atoms with Crippen LogP contribution in [0.3, 0.4) is 0 Å². The van der Waals surface area contributed by atoms with Crippen LogP contribution in [0.4, 0.5) is 0 Å². The molecule has 0 radical (unpaired) electrons. The number of amides is 1. The van der Waals surface area contributed by atoms with Crippen molar-refractivity contribution in [2.24, 2.45) is 11.1 Å². The highest BCUT2D eigenvalue weighted by Crippen LogP contribution is 2.31. The molecule has 1 fully saturated rings. The van der Waals surface area contributed by atoms with Crippen LogP contribution in [0.1, 0.15) is 30.6 Å². The van der Waals surface area contributed by atoms with Gasteiger partial charge in [-0.05, 0) is 24.0 Å². The van der Waals surface area contributed by atoms with Gasteiger partial charge in [-0.3, -0.25) is 4.79 Å². The minimum Gasteiger partial charge on any atom is -0.338 e. The maximum absolute atomic E-state index is 12.5. The molecular formula is C14H19Cl3N2O. The van der Waals surface area contributed by atoms with E-state index in [2.05, 4.69) is 13.8 Å². The number of nitrogens with two attached hydrogens (primary N) is 1. The zero-order chi connectivity index (χ0) is 14.2. The van der Waals surface area contributed by atoms with Gasteiger partial charge in [0.1, 0.15) is 0 Å². The van der Waals surface area contributed by atoms with E-state index in [1.807, 2.05) is 0 Å². The molecule has 1 saturated heterocycles. The fourth-order valence-electron chi connectivity index (χ4n) is 2.39. The van der Waals surface area contributed by atoms with E-state index >= 15 is 0 Å². The number of carbonyl (C=O) groups is 1. The molecule has 0 spiro atoms.